The minimum Gasteiger partial charge on any atom is -0.493 e. The fourth-order valence-electron chi connectivity index (χ4n) is 1.65. The summed E-state index contributed by atoms with van der Waals surface area (Å²) in [7, 11) is 2.67. The third-order valence-corrected chi connectivity index (χ3v) is 2.91. The third kappa shape index (κ3) is 2.27. The number of carboxylic acid groups (broad SMARTS) is 1. The second-order valence-corrected chi connectivity index (χ2v) is 4.04. The van der Waals surface area contributed by atoms with E-state index in [1.807, 2.05) is 0 Å². The summed E-state index contributed by atoms with van der Waals surface area (Å²) in [6.07, 6.45) is 0. The number of aromatic carboxylic acids is 1. The molecule has 0 aliphatic carbocycles. The zero-order valence-electron chi connectivity index (χ0n) is 10.4. The Morgan fingerprint density at radius 2 is 2.10 bits per heavy atom. The molecule has 0 unspecified atom stereocenters. The van der Waals surface area contributed by atoms with Gasteiger partial charge in [-0.3, -0.25) is 0 Å². The highest BCUT2D eigenvalue weighted by molar-refractivity contribution is 6.33. The molecule has 1 aromatic heterocycles. The molecule has 0 aliphatic rings. The largest absolute Gasteiger partial charge is 0.493 e. The number of aromatic nitrogens is 1. The van der Waals surface area contributed by atoms with Crippen LogP contribution in [0.5, 0.6) is 11.5 Å². The second kappa shape index (κ2) is 5.38. The number of rotatable bonds is 4. The molecule has 0 amide bonds. The van der Waals surface area contributed by atoms with Crippen LogP contribution in [-0.4, -0.2) is 30.5 Å². The Morgan fingerprint density at radius 1 is 1.40 bits per heavy atom. The Kier molecular flexibility index (Phi) is 3.80. The molecular weight excluding hydrogens is 293 g/mol. The lowest BCUT2D eigenvalue weighted by molar-refractivity contribution is 0.0686. The highest BCUT2D eigenvalue weighted by Crippen LogP contribution is 2.44. The molecule has 0 spiro atoms. The van der Waals surface area contributed by atoms with Crippen LogP contribution in [0.15, 0.2) is 16.7 Å². The predicted octanol–water partition coefficient (Wildman–Crippen LogP) is 2.85. The van der Waals surface area contributed by atoms with E-state index in [4.69, 9.17) is 30.7 Å². The number of ether oxygens (including phenoxy) is 2. The first-order chi connectivity index (χ1) is 9.49. The van der Waals surface area contributed by atoms with E-state index in [9.17, 15) is 9.18 Å². The van der Waals surface area contributed by atoms with Crippen molar-refractivity contribution in [1.82, 2.24) is 5.16 Å². The van der Waals surface area contributed by atoms with E-state index in [0.717, 1.165) is 12.1 Å². The average molecular weight is 302 g/mol. The van der Waals surface area contributed by atoms with Gasteiger partial charge in [0, 0.05) is 12.1 Å². The van der Waals surface area contributed by atoms with Crippen molar-refractivity contribution in [1.29, 1.82) is 0 Å². The molecule has 0 saturated heterocycles. The maximum Gasteiger partial charge on any atom is 0.358 e. The van der Waals surface area contributed by atoms with Crippen LogP contribution in [0.25, 0.3) is 11.3 Å². The number of hydrogen-bond acceptors (Lipinski definition) is 5. The fraction of sp³-hybridized carbons (Fsp3) is 0.167. The van der Waals surface area contributed by atoms with Crippen LogP contribution < -0.4 is 9.47 Å². The van der Waals surface area contributed by atoms with E-state index in [-0.39, 0.29) is 33.5 Å². The Bertz CT molecular complexity index is 670. The molecule has 0 aliphatic heterocycles. The minimum atomic E-state index is -1.28. The third-order valence-electron chi connectivity index (χ3n) is 2.54. The molecule has 0 atom stereocenters. The van der Waals surface area contributed by atoms with Gasteiger partial charge in [0.25, 0.3) is 0 Å². The van der Waals surface area contributed by atoms with Gasteiger partial charge in [0.15, 0.2) is 23.0 Å². The van der Waals surface area contributed by atoms with Gasteiger partial charge in [0.05, 0.1) is 24.8 Å². The lowest BCUT2D eigenvalue weighted by Gasteiger charge is -2.12. The van der Waals surface area contributed by atoms with Gasteiger partial charge in [-0.1, -0.05) is 16.8 Å². The lowest BCUT2D eigenvalue weighted by atomic mass is 10.1. The molecule has 0 fully saturated rings. The van der Waals surface area contributed by atoms with Crippen molar-refractivity contribution in [2.24, 2.45) is 0 Å². The number of nitrogens with zero attached hydrogens (tertiary/aromatic N) is 1. The Labute approximate surface area is 117 Å². The second-order valence-electron chi connectivity index (χ2n) is 3.66. The molecule has 0 bridgehead atoms. The summed E-state index contributed by atoms with van der Waals surface area (Å²) in [4.78, 5) is 10.8. The topological polar surface area (TPSA) is 81.8 Å². The molecular formula is C12H9ClFNO5. The van der Waals surface area contributed by atoms with Crippen LogP contribution in [0.1, 0.15) is 10.5 Å². The molecule has 1 aromatic carbocycles. The van der Waals surface area contributed by atoms with Crippen LogP contribution in [0.3, 0.4) is 0 Å². The zero-order valence-corrected chi connectivity index (χ0v) is 11.2. The molecule has 6 nitrogen and oxygen atoms in total. The van der Waals surface area contributed by atoms with Crippen molar-refractivity contribution in [2.45, 2.75) is 0 Å². The van der Waals surface area contributed by atoms with Gasteiger partial charge in [-0.25, -0.2) is 9.18 Å². The smallest absolute Gasteiger partial charge is 0.358 e. The fourth-order valence-corrected chi connectivity index (χ4v) is 1.89. The molecule has 0 saturated carbocycles. The van der Waals surface area contributed by atoms with Gasteiger partial charge in [-0.15, -0.1) is 0 Å². The van der Waals surface area contributed by atoms with Gasteiger partial charge >= 0.3 is 5.97 Å². The van der Waals surface area contributed by atoms with E-state index < -0.39 is 11.8 Å². The highest BCUT2D eigenvalue weighted by atomic mass is 35.5. The molecule has 2 rings (SSSR count). The van der Waals surface area contributed by atoms with Crippen molar-refractivity contribution in [3.63, 3.8) is 0 Å². The number of halogens is 2. The summed E-state index contributed by atoms with van der Waals surface area (Å²) in [5, 5.41) is 11.9. The SMILES string of the molecule is COc1cc(F)c(Cl)c(-c2cc(C(=O)O)no2)c1OC. The Balaban J connectivity index is 2.70. The molecule has 0 radical (unpaired) electrons. The maximum absolute atomic E-state index is 13.7. The van der Waals surface area contributed by atoms with E-state index in [1.54, 1.807) is 0 Å². The van der Waals surface area contributed by atoms with Crippen molar-refractivity contribution >= 4 is 17.6 Å². The van der Waals surface area contributed by atoms with E-state index >= 15 is 0 Å². The summed E-state index contributed by atoms with van der Waals surface area (Å²) in [6.45, 7) is 0. The average Bonchev–Trinajstić information content (AvgIpc) is 2.90. The minimum absolute atomic E-state index is 0.0333. The van der Waals surface area contributed by atoms with E-state index in [2.05, 4.69) is 5.16 Å². The summed E-state index contributed by atoms with van der Waals surface area (Å²) in [6, 6.07) is 2.17. The van der Waals surface area contributed by atoms with Gasteiger partial charge < -0.3 is 19.1 Å². The first-order valence-electron chi connectivity index (χ1n) is 5.30. The first kappa shape index (κ1) is 14.1. The molecule has 1 heterocycles. The van der Waals surface area contributed by atoms with Crippen LogP contribution in [0.4, 0.5) is 4.39 Å². The highest BCUT2D eigenvalue weighted by Gasteiger charge is 2.24. The molecule has 20 heavy (non-hydrogen) atoms. The molecule has 1 N–H and O–H groups in total. The molecule has 8 heteroatoms. The number of benzene rings is 1. The molecule has 106 valence electrons. The van der Waals surface area contributed by atoms with Crippen LogP contribution in [-0.2, 0) is 0 Å². The predicted molar refractivity (Wildman–Crippen MR) is 67.0 cm³/mol. The van der Waals surface area contributed by atoms with Crippen molar-refractivity contribution in [3.8, 4) is 22.8 Å². The summed E-state index contributed by atoms with van der Waals surface area (Å²) in [5.74, 6) is -1.86. The van der Waals surface area contributed by atoms with Gasteiger partial charge in [0.1, 0.15) is 5.82 Å². The van der Waals surface area contributed by atoms with E-state index in [0.29, 0.717) is 0 Å². The molecule has 2 aromatic rings. The maximum atomic E-state index is 13.7. The Hall–Kier alpha value is -2.28. The van der Waals surface area contributed by atoms with Crippen molar-refractivity contribution in [3.05, 3.63) is 28.7 Å². The van der Waals surface area contributed by atoms with Gasteiger partial charge in [-0.05, 0) is 0 Å². The number of carboxylic acids is 1. The summed E-state index contributed by atoms with van der Waals surface area (Å²) < 4.78 is 28.7. The van der Waals surface area contributed by atoms with Gasteiger partial charge in [0.2, 0.25) is 0 Å². The van der Waals surface area contributed by atoms with Gasteiger partial charge in [-0.2, -0.15) is 0 Å². The van der Waals surface area contributed by atoms with Crippen molar-refractivity contribution in [2.75, 3.05) is 14.2 Å². The van der Waals surface area contributed by atoms with Crippen molar-refractivity contribution < 1.29 is 28.3 Å². The van der Waals surface area contributed by atoms with Crippen LogP contribution >= 0.6 is 11.6 Å². The van der Waals surface area contributed by atoms with Crippen LogP contribution in [0.2, 0.25) is 5.02 Å². The Morgan fingerprint density at radius 3 is 2.60 bits per heavy atom. The number of hydrogen-bond donors (Lipinski definition) is 1. The zero-order chi connectivity index (χ0) is 14.9. The normalized spacial score (nSPS) is 10.4. The van der Waals surface area contributed by atoms with Crippen LogP contribution in [0, 0.1) is 5.82 Å². The lowest BCUT2D eigenvalue weighted by Crippen LogP contribution is -1.96. The number of carbonyl (C=O) groups is 1. The quantitative estimate of drug-likeness (QED) is 0.935. The summed E-state index contributed by atoms with van der Waals surface area (Å²) >= 11 is 5.88. The summed E-state index contributed by atoms with van der Waals surface area (Å²) in [5.41, 5.74) is -0.299. The standard InChI is InChI=1S/C12H9ClFNO5/c1-18-8-3-5(14)10(13)9(11(8)19-2)7-4-6(12(16)17)15-20-7/h3-4H,1-2H3,(H,16,17). The van der Waals surface area contributed by atoms with E-state index in [1.165, 1.54) is 14.2 Å². The first-order valence-corrected chi connectivity index (χ1v) is 5.67. The monoisotopic (exact) mass is 301 g/mol. The number of methoxy groups -OCH3 is 2.